The van der Waals surface area contributed by atoms with Crippen LogP contribution in [0.15, 0.2) is 28.7 Å². The van der Waals surface area contributed by atoms with Crippen molar-refractivity contribution < 1.29 is 4.79 Å². The van der Waals surface area contributed by atoms with Crippen LogP contribution in [0.25, 0.3) is 0 Å². The zero-order valence-corrected chi connectivity index (χ0v) is 13.0. The normalized spacial score (nSPS) is 29.4. The zero-order valence-electron chi connectivity index (χ0n) is 11.4. The molecule has 2 unspecified atom stereocenters. The van der Waals surface area contributed by atoms with Gasteiger partial charge in [0.05, 0.1) is 6.54 Å². The fourth-order valence-electron chi connectivity index (χ4n) is 3.47. The highest BCUT2D eigenvalue weighted by Gasteiger charge is 2.40. The van der Waals surface area contributed by atoms with Crippen LogP contribution in [0.1, 0.15) is 25.7 Å². The lowest BCUT2D eigenvalue weighted by atomic mass is 9.98. The Bertz CT molecular complexity index is 476. The minimum atomic E-state index is 0.0692. The van der Waals surface area contributed by atoms with E-state index in [0.717, 1.165) is 23.0 Å². The van der Waals surface area contributed by atoms with E-state index < -0.39 is 0 Å². The number of fused-ring (bicyclic) bond motifs is 2. The molecule has 1 amide bonds. The summed E-state index contributed by atoms with van der Waals surface area (Å²) in [7, 11) is 0. The van der Waals surface area contributed by atoms with Crippen LogP contribution in [0.5, 0.6) is 0 Å². The van der Waals surface area contributed by atoms with Crippen LogP contribution in [0.3, 0.4) is 0 Å². The fraction of sp³-hybridized carbons (Fsp3) is 0.533. The Morgan fingerprint density at radius 1 is 1.25 bits per heavy atom. The van der Waals surface area contributed by atoms with Crippen LogP contribution in [-0.4, -0.2) is 35.5 Å². The van der Waals surface area contributed by atoms with Gasteiger partial charge in [0.2, 0.25) is 5.91 Å². The molecule has 2 fully saturated rings. The van der Waals surface area contributed by atoms with Gasteiger partial charge in [-0.2, -0.15) is 0 Å². The Kier molecular flexibility index (Phi) is 4.10. The number of hydrogen-bond donors (Lipinski definition) is 2. The van der Waals surface area contributed by atoms with Crippen LogP contribution >= 0.6 is 15.9 Å². The standard InChI is InChI=1S/C15H20BrN3O/c16-10-1-3-12(4-2-10)18-15(20)9-19-13-5-6-14(19)8-11(17)7-13/h1-4,11,13-14H,5-9,17H2,(H,18,20). The molecule has 5 heteroatoms. The first-order valence-corrected chi connectivity index (χ1v) is 7.98. The minimum absolute atomic E-state index is 0.0692. The summed E-state index contributed by atoms with van der Waals surface area (Å²) < 4.78 is 1.01. The third-order valence-corrected chi connectivity index (χ3v) is 4.90. The van der Waals surface area contributed by atoms with Gasteiger partial charge in [-0.3, -0.25) is 9.69 Å². The van der Waals surface area contributed by atoms with Crippen LogP contribution in [-0.2, 0) is 4.79 Å². The lowest BCUT2D eigenvalue weighted by Gasteiger charge is -2.37. The molecular formula is C15H20BrN3O. The Morgan fingerprint density at radius 2 is 1.85 bits per heavy atom. The van der Waals surface area contributed by atoms with Crippen LogP contribution in [0, 0.1) is 0 Å². The number of piperidine rings is 1. The van der Waals surface area contributed by atoms with E-state index in [-0.39, 0.29) is 5.91 Å². The van der Waals surface area contributed by atoms with E-state index in [4.69, 9.17) is 5.73 Å². The molecular weight excluding hydrogens is 318 g/mol. The number of halogens is 1. The third kappa shape index (κ3) is 3.05. The number of anilines is 1. The molecule has 20 heavy (non-hydrogen) atoms. The molecule has 2 aliphatic heterocycles. The van der Waals surface area contributed by atoms with E-state index in [1.807, 2.05) is 24.3 Å². The van der Waals surface area contributed by atoms with Gasteiger partial charge in [0.15, 0.2) is 0 Å². The van der Waals surface area contributed by atoms with Crippen molar-refractivity contribution in [1.82, 2.24) is 4.90 Å². The summed E-state index contributed by atoms with van der Waals surface area (Å²) in [6, 6.07) is 8.99. The first-order valence-electron chi connectivity index (χ1n) is 7.18. The van der Waals surface area contributed by atoms with Gasteiger partial charge in [0, 0.05) is 28.3 Å². The molecule has 1 aromatic rings. The molecule has 2 aliphatic rings. The zero-order chi connectivity index (χ0) is 14.1. The number of nitrogens with zero attached hydrogens (tertiary/aromatic N) is 1. The van der Waals surface area contributed by atoms with Crippen molar-refractivity contribution >= 4 is 27.5 Å². The van der Waals surface area contributed by atoms with Gasteiger partial charge in [-0.15, -0.1) is 0 Å². The molecule has 2 heterocycles. The first-order chi connectivity index (χ1) is 9.61. The van der Waals surface area contributed by atoms with Gasteiger partial charge >= 0.3 is 0 Å². The highest BCUT2D eigenvalue weighted by molar-refractivity contribution is 9.10. The molecule has 0 radical (unpaired) electrons. The minimum Gasteiger partial charge on any atom is -0.328 e. The number of amides is 1. The number of carbonyl (C=O) groups is 1. The average Bonchev–Trinajstić information content (AvgIpc) is 2.65. The van der Waals surface area contributed by atoms with Crippen LogP contribution < -0.4 is 11.1 Å². The molecule has 1 aromatic carbocycles. The fourth-order valence-corrected chi connectivity index (χ4v) is 3.74. The second-order valence-electron chi connectivity index (χ2n) is 5.84. The Labute approximate surface area is 127 Å². The van der Waals surface area contributed by atoms with Crippen molar-refractivity contribution in [2.24, 2.45) is 5.73 Å². The Hall–Kier alpha value is -0.910. The Morgan fingerprint density at radius 3 is 2.45 bits per heavy atom. The molecule has 4 nitrogen and oxygen atoms in total. The van der Waals surface area contributed by atoms with Crippen molar-refractivity contribution in [3.8, 4) is 0 Å². The van der Waals surface area contributed by atoms with Crippen molar-refractivity contribution in [1.29, 1.82) is 0 Å². The highest BCUT2D eigenvalue weighted by atomic mass is 79.9. The average molecular weight is 338 g/mol. The molecule has 3 rings (SSSR count). The molecule has 0 aromatic heterocycles. The maximum atomic E-state index is 12.2. The predicted octanol–water partition coefficient (Wildman–Crippen LogP) is 2.34. The SMILES string of the molecule is NC1CC2CCC(C1)N2CC(=O)Nc1ccc(Br)cc1. The third-order valence-electron chi connectivity index (χ3n) is 4.37. The number of nitrogens with two attached hydrogens (primary N) is 1. The van der Waals surface area contributed by atoms with Crippen LogP contribution in [0.4, 0.5) is 5.69 Å². The molecule has 2 saturated heterocycles. The van der Waals surface area contributed by atoms with Crippen LogP contribution in [0.2, 0.25) is 0 Å². The van der Waals surface area contributed by atoms with E-state index in [2.05, 4.69) is 26.1 Å². The van der Waals surface area contributed by atoms with Crippen molar-refractivity contribution in [3.05, 3.63) is 28.7 Å². The van der Waals surface area contributed by atoms with E-state index in [0.29, 0.717) is 24.7 Å². The maximum absolute atomic E-state index is 12.2. The maximum Gasteiger partial charge on any atom is 0.238 e. The van der Waals surface area contributed by atoms with Gasteiger partial charge in [-0.1, -0.05) is 15.9 Å². The molecule has 108 valence electrons. The predicted molar refractivity (Wildman–Crippen MR) is 83.5 cm³/mol. The first kappa shape index (κ1) is 14.0. The van der Waals surface area contributed by atoms with Gasteiger partial charge in [-0.25, -0.2) is 0 Å². The molecule has 3 N–H and O–H groups in total. The molecule has 0 saturated carbocycles. The number of hydrogen-bond acceptors (Lipinski definition) is 3. The summed E-state index contributed by atoms with van der Waals surface area (Å²) in [5.41, 5.74) is 6.90. The number of rotatable bonds is 3. The van der Waals surface area contributed by atoms with Gasteiger partial charge in [-0.05, 0) is 49.9 Å². The summed E-state index contributed by atoms with van der Waals surface area (Å²) in [6.45, 7) is 0.484. The second-order valence-corrected chi connectivity index (χ2v) is 6.76. The van der Waals surface area contributed by atoms with Crippen molar-refractivity contribution in [2.75, 3.05) is 11.9 Å². The van der Waals surface area contributed by atoms with Gasteiger partial charge < -0.3 is 11.1 Å². The number of benzene rings is 1. The summed E-state index contributed by atoms with van der Waals surface area (Å²) in [5, 5.41) is 2.96. The lowest BCUT2D eigenvalue weighted by Crippen LogP contribution is -2.49. The summed E-state index contributed by atoms with van der Waals surface area (Å²) >= 11 is 3.39. The largest absolute Gasteiger partial charge is 0.328 e. The topological polar surface area (TPSA) is 58.4 Å². The second kappa shape index (κ2) is 5.84. The smallest absolute Gasteiger partial charge is 0.238 e. The van der Waals surface area contributed by atoms with E-state index >= 15 is 0 Å². The monoisotopic (exact) mass is 337 g/mol. The number of nitrogens with one attached hydrogen (secondary N) is 1. The lowest BCUT2D eigenvalue weighted by molar-refractivity contribution is -0.118. The van der Waals surface area contributed by atoms with Gasteiger partial charge in [0.1, 0.15) is 0 Å². The summed E-state index contributed by atoms with van der Waals surface area (Å²) in [4.78, 5) is 14.5. The van der Waals surface area contributed by atoms with Gasteiger partial charge in [0.25, 0.3) is 0 Å². The number of carbonyl (C=O) groups excluding carboxylic acids is 1. The van der Waals surface area contributed by atoms with Crippen molar-refractivity contribution in [3.63, 3.8) is 0 Å². The highest BCUT2D eigenvalue weighted by Crippen LogP contribution is 2.34. The molecule has 2 atom stereocenters. The summed E-state index contributed by atoms with van der Waals surface area (Å²) in [6.07, 6.45) is 4.43. The quantitative estimate of drug-likeness (QED) is 0.889. The summed E-state index contributed by atoms with van der Waals surface area (Å²) in [5.74, 6) is 0.0692. The van der Waals surface area contributed by atoms with E-state index in [1.165, 1.54) is 12.8 Å². The van der Waals surface area contributed by atoms with E-state index in [1.54, 1.807) is 0 Å². The van der Waals surface area contributed by atoms with Crippen molar-refractivity contribution in [2.45, 2.75) is 43.8 Å². The van der Waals surface area contributed by atoms with E-state index in [9.17, 15) is 4.79 Å². The molecule has 2 bridgehead atoms. The molecule has 0 aliphatic carbocycles. The molecule has 0 spiro atoms. The Balaban J connectivity index is 1.58.